The molecule has 4 aromatic rings. The van der Waals surface area contributed by atoms with Crippen LogP contribution in [0.15, 0.2) is 140 Å². The zero-order chi connectivity index (χ0) is 47.0. The largest absolute Gasteiger partial charge is 0.439 e. The highest BCUT2D eigenvalue weighted by molar-refractivity contribution is 6.20. The lowest BCUT2D eigenvalue weighted by molar-refractivity contribution is 0.0920. The summed E-state index contributed by atoms with van der Waals surface area (Å²) in [7, 11) is 0. The van der Waals surface area contributed by atoms with E-state index in [0.29, 0.717) is 60.5 Å². The van der Waals surface area contributed by atoms with Gasteiger partial charge in [0.05, 0.1) is 43.7 Å². The zero-order valence-corrected chi connectivity index (χ0v) is 38.1. The van der Waals surface area contributed by atoms with Crippen molar-refractivity contribution in [2.24, 2.45) is 9.98 Å². The van der Waals surface area contributed by atoms with Gasteiger partial charge in [0.15, 0.2) is 17.5 Å². The molecule has 8 rings (SSSR count). The number of carbonyl (C=O) groups excluding carboxylic acids is 4. The number of ketones is 2. The average molecular weight is 868 g/mol. The summed E-state index contributed by atoms with van der Waals surface area (Å²) in [5.41, 5.74) is 16.9. The lowest BCUT2D eigenvalue weighted by atomic mass is 10.0. The molecular weight excluding hydrogens is 815 g/mol. The highest BCUT2D eigenvalue weighted by Crippen LogP contribution is 2.40. The van der Waals surface area contributed by atoms with E-state index in [9.17, 15) is 19.2 Å². The molecule has 11 heteroatoms. The van der Waals surface area contributed by atoms with E-state index in [4.69, 9.17) is 30.3 Å². The molecule has 4 aliphatic rings. The molecule has 2 aromatic heterocycles. The van der Waals surface area contributed by atoms with Crippen molar-refractivity contribution < 1.29 is 28.0 Å². The molecular formula is C54H53N5O6. The fourth-order valence-corrected chi connectivity index (χ4v) is 7.76. The standard InChI is InChI=1S/C29H31N3O3.C25H22N2O3/c1-28(2,3)31-23-20-18-15-11-8-12-16-19(18)21(27(34)32-29(4,5)6)25(20)35-26(30)22(23)24(33)17-13-9-7-10-14-17;1-25(2,3)27-21-19-17-13-9-5-8-12-16(17)18(14-28)23(19)30-24(26)20(21)22(29)15-10-6-4-7-11-15/h7-16H,30H2,1-6H3,(H,32,34);4-14H,26H2,1-3H3. The predicted octanol–water partition coefficient (Wildman–Crippen LogP) is 10.4. The minimum Gasteiger partial charge on any atom is -0.439 e. The summed E-state index contributed by atoms with van der Waals surface area (Å²) in [6.07, 6.45) is 0.757. The van der Waals surface area contributed by atoms with E-state index in [0.717, 1.165) is 23.0 Å². The van der Waals surface area contributed by atoms with Crippen LogP contribution in [0.4, 0.5) is 11.8 Å². The van der Waals surface area contributed by atoms with E-state index in [-0.39, 0.29) is 40.4 Å². The van der Waals surface area contributed by atoms with Gasteiger partial charge in [-0.2, -0.15) is 0 Å². The molecule has 1 amide bonds. The Labute approximate surface area is 377 Å². The van der Waals surface area contributed by atoms with Gasteiger partial charge in [0.2, 0.25) is 23.3 Å². The van der Waals surface area contributed by atoms with Crippen LogP contribution in [0.1, 0.15) is 115 Å². The highest BCUT2D eigenvalue weighted by Gasteiger charge is 2.32. The van der Waals surface area contributed by atoms with Crippen LogP contribution < -0.4 is 27.5 Å². The predicted molar refractivity (Wildman–Crippen MR) is 257 cm³/mol. The van der Waals surface area contributed by atoms with Crippen LogP contribution in [-0.2, 0) is 0 Å². The number of hydrogen-bond acceptors (Lipinski definition) is 10. The monoisotopic (exact) mass is 867 g/mol. The molecule has 65 heavy (non-hydrogen) atoms. The lowest BCUT2D eigenvalue weighted by Gasteiger charge is -2.20. The SMILES string of the molecule is CC(C)(C)N=c1c(C(=O)c2ccccc2)c(N)oc2c(C(=O)NC(C)(C)C)c3cccccc-3c12.CC(C)(C)N=c1c(C(=O)c2ccccc2)c(N)oc2c(C=O)c3cccccc-3c12. The van der Waals surface area contributed by atoms with Gasteiger partial charge in [-0.05, 0) is 84.6 Å². The van der Waals surface area contributed by atoms with Crippen LogP contribution in [0, 0.1) is 0 Å². The number of hydrogen-bond donors (Lipinski definition) is 3. The van der Waals surface area contributed by atoms with Crippen molar-refractivity contribution in [3.05, 3.63) is 165 Å². The fraction of sp³-hybridized carbons (Fsp3) is 0.222. The quantitative estimate of drug-likeness (QED) is 0.109. The van der Waals surface area contributed by atoms with Crippen LogP contribution in [0.25, 0.3) is 44.2 Å². The second kappa shape index (κ2) is 17.5. The molecule has 4 aliphatic carbocycles. The van der Waals surface area contributed by atoms with Crippen LogP contribution >= 0.6 is 0 Å². The maximum atomic E-state index is 13.7. The summed E-state index contributed by atoms with van der Waals surface area (Å²) in [4.78, 5) is 62.3. The number of rotatable bonds is 6. The Bertz CT molecular complexity index is 3220. The third-order valence-corrected chi connectivity index (χ3v) is 10.2. The highest BCUT2D eigenvalue weighted by atomic mass is 16.4. The van der Waals surface area contributed by atoms with E-state index in [1.165, 1.54) is 0 Å². The molecule has 0 spiro atoms. The van der Waals surface area contributed by atoms with Crippen molar-refractivity contribution in [3.8, 4) is 22.3 Å². The fourth-order valence-electron chi connectivity index (χ4n) is 7.76. The number of amides is 1. The van der Waals surface area contributed by atoms with Crippen molar-refractivity contribution in [2.45, 2.75) is 78.9 Å². The molecule has 0 aliphatic heterocycles. The normalized spacial score (nSPS) is 12.6. The first-order valence-corrected chi connectivity index (χ1v) is 21.3. The lowest BCUT2D eigenvalue weighted by Crippen LogP contribution is -2.40. The Kier molecular flexibility index (Phi) is 12.2. The number of nitrogens with zero attached hydrogens (tertiary/aromatic N) is 2. The zero-order valence-electron chi connectivity index (χ0n) is 38.1. The molecule has 0 bridgehead atoms. The Balaban J connectivity index is 0.000000196. The van der Waals surface area contributed by atoms with Gasteiger partial charge in [0, 0.05) is 16.7 Å². The number of nitrogens with one attached hydrogen (secondary N) is 1. The van der Waals surface area contributed by atoms with Crippen LogP contribution in [0.5, 0.6) is 0 Å². The summed E-state index contributed by atoms with van der Waals surface area (Å²) < 4.78 is 12.0. The van der Waals surface area contributed by atoms with Gasteiger partial charge >= 0.3 is 0 Å². The molecule has 5 N–H and O–H groups in total. The number of nitrogen functional groups attached to an aromatic ring is 2. The molecule has 0 atom stereocenters. The molecule has 2 heterocycles. The van der Waals surface area contributed by atoms with Gasteiger partial charge in [-0.1, -0.05) is 121 Å². The van der Waals surface area contributed by atoms with Crippen molar-refractivity contribution >= 4 is 57.5 Å². The van der Waals surface area contributed by atoms with E-state index in [1.807, 2.05) is 135 Å². The van der Waals surface area contributed by atoms with Gasteiger partial charge < -0.3 is 25.6 Å². The Morgan fingerprint density at radius 1 is 0.508 bits per heavy atom. The van der Waals surface area contributed by atoms with Crippen molar-refractivity contribution in [1.29, 1.82) is 0 Å². The van der Waals surface area contributed by atoms with Gasteiger partial charge in [0.25, 0.3) is 5.91 Å². The van der Waals surface area contributed by atoms with Crippen LogP contribution in [0.3, 0.4) is 0 Å². The van der Waals surface area contributed by atoms with Gasteiger partial charge in [-0.15, -0.1) is 0 Å². The number of benzene rings is 2. The average Bonchev–Trinajstić information content (AvgIpc) is 3.41. The first-order valence-electron chi connectivity index (χ1n) is 21.3. The van der Waals surface area contributed by atoms with Crippen LogP contribution in [0.2, 0.25) is 0 Å². The maximum Gasteiger partial charge on any atom is 0.256 e. The minimum atomic E-state index is -0.527. The van der Waals surface area contributed by atoms with Gasteiger partial charge in [-0.25, -0.2) is 0 Å². The Hall–Kier alpha value is -7.66. The first kappa shape index (κ1) is 45.4. The number of anilines is 2. The summed E-state index contributed by atoms with van der Waals surface area (Å²) in [6.45, 7) is 17.4. The second-order valence-corrected chi connectivity index (χ2v) is 18.8. The molecule has 0 saturated heterocycles. The van der Waals surface area contributed by atoms with E-state index >= 15 is 0 Å². The van der Waals surface area contributed by atoms with Crippen LogP contribution in [-0.4, -0.2) is 40.4 Å². The van der Waals surface area contributed by atoms with E-state index in [1.54, 1.807) is 48.5 Å². The van der Waals surface area contributed by atoms with Crippen molar-refractivity contribution in [1.82, 2.24) is 5.32 Å². The molecule has 0 fully saturated rings. The summed E-state index contributed by atoms with van der Waals surface area (Å²) in [6, 6.07) is 36.6. The maximum absolute atomic E-state index is 13.7. The van der Waals surface area contributed by atoms with Gasteiger partial charge in [0.1, 0.15) is 11.1 Å². The van der Waals surface area contributed by atoms with Crippen molar-refractivity contribution in [2.75, 3.05) is 11.5 Å². The molecule has 0 unspecified atom stereocenters. The topological polar surface area (TPSA) is 183 Å². The van der Waals surface area contributed by atoms with E-state index in [2.05, 4.69) is 5.32 Å². The second-order valence-electron chi connectivity index (χ2n) is 18.8. The summed E-state index contributed by atoms with van der Waals surface area (Å²) >= 11 is 0. The third-order valence-electron chi connectivity index (χ3n) is 10.2. The van der Waals surface area contributed by atoms with Gasteiger partial charge in [-0.3, -0.25) is 29.2 Å². The van der Waals surface area contributed by atoms with Crippen molar-refractivity contribution in [3.63, 3.8) is 0 Å². The summed E-state index contributed by atoms with van der Waals surface area (Å²) in [5.74, 6) is -0.965. The Morgan fingerprint density at radius 2 is 0.877 bits per heavy atom. The minimum absolute atomic E-state index is 0.0536. The molecule has 11 nitrogen and oxygen atoms in total. The number of carbonyl (C=O) groups is 4. The molecule has 2 aromatic carbocycles. The number of aldehydes is 1. The molecule has 0 saturated carbocycles. The summed E-state index contributed by atoms with van der Waals surface area (Å²) in [5, 5.41) is 5.11. The number of fused-ring (bicyclic) bond motifs is 6. The first-order chi connectivity index (χ1) is 30.7. The van der Waals surface area contributed by atoms with E-state index < -0.39 is 16.6 Å². The molecule has 0 radical (unpaired) electrons. The Morgan fingerprint density at radius 3 is 1.29 bits per heavy atom. The third kappa shape index (κ3) is 9.36. The smallest absolute Gasteiger partial charge is 0.256 e. The number of nitrogens with two attached hydrogens (primary N) is 2. The molecule has 330 valence electrons.